The van der Waals surface area contributed by atoms with Crippen molar-refractivity contribution < 1.29 is 22.4 Å². The van der Waals surface area contributed by atoms with Gasteiger partial charge in [0.15, 0.2) is 5.78 Å². The van der Waals surface area contributed by atoms with E-state index in [0.717, 1.165) is 89.7 Å². The molecule has 1 saturated carbocycles. The molecule has 2 heterocycles. The first-order chi connectivity index (χ1) is 24.1. The number of carbonyl (C=O) groups excluding carboxylic acids is 1. The van der Waals surface area contributed by atoms with Crippen molar-refractivity contribution in [1.82, 2.24) is 14.5 Å². The van der Waals surface area contributed by atoms with Crippen LogP contribution in [0.5, 0.6) is 0 Å². The molecule has 50 heavy (non-hydrogen) atoms. The number of fused-ring (bicyclic) bond motifs is 1. The minimum atomic E-state index is -4.38. The summed E-state index contributed by atoms with van der Waals surface area (Å²) in [4.78, 5) is 19.5. The van der Waals surface area contributed by atoms with E-state index in [9.17, 15) is 22.4 Å². The fourth-order valence-corrected chi connectivity index (χ4v) is 7.00. The van der Waals surface area contributed by atoms with E-state index in [1.165, 1.54) is 18.0 Å². The molecule has 0 amide bonds. The van der Waals surface area contributed by atoms with Crippen LogP contribution in [0.2, 0.25) is 0 Å². The SMILES string of the molecule is CC.CC(=O)c1cccc(CN2CCC(n3c(C4CC4)nc4ccc(C(c5ccc(C)cc5)c5ccc(C(F)(F)F)cc5)cc43)CC2)c1.CF. The van der Waals surface area contributed by atoms with E-state index in [1.807, 2.05) is 39.0 Å². The molecule has 0 radical (unpaired) electrons. The molecule has 264 valence electrons. The minimum absolute atomic E-state index is 0.0856. The standard InChI is InChI=1S/C39H38F3N3O.C2H6.CH3F/c1-25-6-8-28(9-7-25)37(29-12-15-33(16-13-29)39(40,41)42)32-14-17-35-36(23-32)45(38(43-35)30-10-11-30)34-18-20-44(21-19-34)24-27-4-3-5-31(22-27)26(2)46;2*1-2/h3-9,12-17,22-23,30,34,37H,10-11,18-21,24H2,1-2H3;1-2H3;1H3. The second-order valence-corrected chi connectivity index (χ2v) is 13.1. The number of aromatic nitrogens is 2. The number of likely N-dealkylation sites (tertiary alicyclic amines) is 1. The van der Waals surface area contributed by atoms with Gasteiger partial charge in [-0.2, -0.15) is 13.2 Å². The van der Waals surface area contributed by atoms with Crippen LogP contribution in [0.1, 0.15) is 114 Å². The minimum Gasteiger partial charge on any atom is -0.325 e. The molecule has 7 rings (SSSR count). The van der Waals surface area contributed by atoms with Crippen LogP contribution < -0.4 is 0 Å². The molecule has 1 saturated heterocycles. The van der Waals surface area contributed by atoms with Crippen molar-refractivity contribution in [2.45, 2.75) is 84.0 Å². The lowest BCUT2D eigenvalue weighted by atomic mass is 9.84. The Morgan fingerprint density at radius 1 is 0.820 bits per heavy atom. The summed E-state index contributed by atoms with van der Waals surface area (Å²) in [6.07, 6.45) is -0.0704. The number of ketones is 1. The summed E-state index contributed by atoms with van der Waals surface area (Å²) in [5.74, 6) is 1.52. The zero-order chi connectivity index (χ0) is 36.0. The normalized spacial score (nSPS) is 15.9. The van der Waals surface area contributed by atoms with Crippen molar-refractivity contribution in [2.24, 2.45) is 0 Å². The van der Waals surface area contributed by atoms with Gasteiger partial charge in [-0.25, -0.2) is 4.98 Å². The summed E-state index contributed by atoms with van der Waals surface area (Å²) < 4.78 is 52.3. The number of imidazole rings is 1. The van der Waals surface area contributed by atoms with E-state index >= 15 is 0 Å². The number of rotatable bonds is 8. The lowest BCUT2D eigenvalue weighted by Gasteiger charge is -2.34. The lowest BCUT2D eigenvalue weighted by molar-refractivity contribution is -0.137. The first-order valence-corrected chi connectivity index (χ1v) is 17.6. The van der Waals surface area contributed by atoms with Crippen LogP contribution >= 0.6 is 0 Å². The Kier molecular flexibility index (Phi) is 11.9. The second kappa shape index (κ2) is 16.2. The van der Waals surface area contributed by atoms with Gasteiger partial charge in [0.25, 0.3) is 0 Å². The monoisotopic (exact) mass is 685 g/mol. The van der Waals surface area contributed by atoms with E-state index < -0.39 is 11.7 Å². The van der Waals surface area contributed by atoms with Crippen molar-refractivity contribution >= 4 is 16.8 Å². The third-order valence-electron chi connectivity index (χ3n) is 9.66. The molecule has 5 aromatic rings. The van der Waals surface area contributed by atoms with Crippen molar-refractivity contribution in [3.05, 3.63) is 136 Å². The van der Waals surface area contributed by atoms with E-state index in [4.69, 9.17) is 4.98 Å². The fourth-order valence-electron chi connectivity index (χ4n) is 7.00. The highest BCUT2D eigenvalue weighted by Gasteiger charge is 2.34. The van der Waals surface area contributed by atoms with Crippen molar-refractivity contribution in [3.63, 3.8) is 0 Å². The lowest BCUT2D eigenvalue weighted by Crippen LogP contribution is -2.34. The number of piperidine rings is 1. The summed E-state index contributed by atoms with van der Waals surface area (Å²) >= 11 is 0. The molecule has 0 N–H and O–H groups in total. The Hall–Kier alpha value is -4.30. The van der Waals surface area contributed by atoms with Crippen LogP contribution in [0.25, 0.3) is 11.0 Å². The Morgan fingerprint density at radius 2 is 1.42 bits per heavy atom. The van der Waals surface area contributed by atoms with Gasteiger partial charge in [0, 0.05) is 43.1 Å². The zero-order valence-electron chi connectivity index (χ0n) is 29.6. The molecule has 0 spiro atoms. The Labute approximate surface area is 293 Å². The Bertz CT molecular complexity index is 1870. The number of halogens is 4. The Morgan fingerprint density at radius 3 is 2.00 bits per heavy atom. The van der Waals surface area contributed by atoms with Crippen LogP contribution in [0.15, 0.2) is 91.0 Å². The predicted molar refractivity (Wildman–Crippen MR) is 194 cm³/mol. The molecule has 2 fully saturated rings. The smallest absolute Gasteiger partial charge is 0.325 e. The number of benzene rings is 4. The van der Waals surface area contributed by atoms with Gasteiger partial charge < -0.3 is 4.57 Å². The van der Waals surface area contributed by atoms with Crippen LogP contribution in [-0.4, -0.2) is 40.5 Å². The van der Waals surface area contributed by atoms with E-state index in [0.29, 0.717) is 19.1 Å². The van der Waals surface area contributed by atoms with Crippen LogP contribution in [0, 0.1) is 6.92 Å². The molecule has 1 unspecified atom stereocenters. The number of Topliss-reactive ketones (excluding diaryl/α,β-unsaturated/α-hetero) is 1. The zero-order valence-corrected chi connectivity index (χ0v) is 29.6. The van der Waals surface area contributed by atoms with E-state index in [2.05, 4.69) is 58.0 Å². The number of hydrogen-bond donors (Lipinski definition) is 0. The van der Waals surface area contributed by atoms with Crippen LogP contribution in [-0.2, 0) is 12.7 Å². The van der Waals surface area contributed by atoms with Crippen molar-refractivity contribution in [3.8, 4) is 0 Å². The number of aryl methyl sites for hydroxylation is 1. The maximum atomic E-state index is 13.4. The van der Waals surface area contributed by atoms with Gasteiger partial charge in [-0.3, -0.25) is 14.1 Å². The highest BCUT2D eigenvalue weighted by atomic mass is 19.4. The second-order valence-electron chi connectivity index (χ2n) is 13.1. The van der Waals surface area contributed by atoms with Gasteiger partial charge in [-0.05, 0) is 92.1 Å². The van der Waals surface area contributed by atoms with Gasteiger partial charge >= 0.3 is 6.18 Å². The Balaban J connectivity index is 0.00000117. The maximum absolute atomic E-state index is 13.4. The van der Waals surface area contributed by atoms with E-state index in [-0.39, 0.29) is 11.7 Å². The third-order valence-corrected chi connectivity index (χ3v) is 9.66. The van der Waals surface area contributed by atoms with Crippen LogP contribution in [0.4, 0.5) is 17.6 Å². The maximum Gasteiger partial charge on any atom is 0.416 e. The van der Waals surface area contributed by atoms with Gasteiger partial charge in [-0.1, -0.05) is 80.1 Å². The predicted octanol–water partition coefficient (Wildman–Crippen LogP) is 11.1. The topological polar surface area (TPSA) is 38.1 Å². The summed E-state index contributed by atoms with van der Waals surface area (Å²) in [6.45, 7) is 10.4. The van der Waals surface area contributed by atoms with E-state index in [1.54, 1.807) is 19.1 Å². The highest BCUT2D eigenvalue weighted by Crippen LogP contribution is 2.44. The first kappa shape index (κ1) is 37.0. The molecule has 4 aromatic carbocycles. The van der Waals surface area contributed by atoms with Gasteiger partial charge in [-0.15, -0.1) is 0 Å². The molecule has 1 aliphatic carbocycles. The molecule has 0 bridgehead atoms. The molecular formula is C42H47F4N3O. The first-order valence-electron chi connectivity index (χ1n) is 17.6. The van der Waals surface area contributed by atoms with Gasteiger partial charge in [0.05, 0.1) is 23.8 Å². The average Bonchev–Trinajstić information content (AvgIpc) is 3.91. The number of hydrogen-bond acceptors (Lipinski definition) is 3. The van der Waals surface area contributed by atoms with Crippen molar-refractivity contribution in [2.75, 3.05) is 20.3 Å². The van der Waals surface area contributed by atoms with Gasteiger partial charge in [0.1, 0.15) is 5.82 Å². The summed E-state index contributed by atoms with van der Waals surface area (Å²) in [7, 11) is 0.500. The molecule has 1 aliphatic heterocycles. The third kappa shape index (κ3) is 8.35. The number of nitrogens with zero attached hydrogens (tertiary/aromatic N) is 3. The van der Waals surface area contributed by atoms with Gasteiger partial charge in [0.2, 0.25) is 0 Å². The molecular weight excluding hydrogens is 638 g/mol. The number of alkyl halides is 4. The molecule has 1 atom stereocenters. The average molecular weight is 686 g/mol. The summed E-state index contributed by atoms with van der Waals surface area (Å²) in [5, 5.41) is 0. The summed E-state index contributed by atoms with van der Waals surface area (Å²) in [5.41, 5.74) is 7.40. The molecule has 4 nitrogen and oxygen atoms in total. The highest BCUT2D eigenvalue weighted by molar-refractivity contribution is 5.94. The number of carbonyl (C=O) groups is 1. The largest absolute Gasteiger partial charge is 0.416 e. The molecule has 8 heteroatoms. The summed E-state index contributed by atoms with van der Waals surface area (Å²) in [6, 6.07) is 28.6. The molecule has 2 aliphatic rings. The van der Waals surface area contributed by atoms with Crippen LogP contribution in [0.3, 0.4) is 0 Å². The molecule has 1 aromatic heterocycles. The van der Waals surface area contributed by atoms with Crippen molar-refractivity contribution in [1.29, 1.82) is 0 Å². The quantitative estimate of drug-likeness (QED) is 0.0927. The fraction of sp³-hybridized carbons (Fsp3) is 0.381.